The molecule has 0 heterocycles. The standard InChI is InChI=1S/C14H18O/c1-10-9-11(2)13(4)14(12(10)3)7-5-6-8-15/h9,15H,6,8H2,1-4H3. The van der Waals surface area contributed by atoms with Crippen molar-refractivity contribution in [1.82, 2.24) is 0 Å². The molecular formula is C14H18O. The minimum Gasteiger partial charge on any atom is -0.395 e. The van der Waals surface area contributed by atoms with Gasteiger partial charge in [-0.1, -0.05) is 17.9 Å². The highest BCUT2D eigenvalue weighted by Crippen LogP contribution is 2.20. The van der Waals surface area contributed by atoms with Gasteiger partial charge in [-0.3, -0.25) is 0 Å². The minimum atomic E-state index is 0.135. The van der Waals surface area contributed by atoms with E-state index in [0.717, 1.165) is 5.56 Å². The molecule has 0 bridgehead atoms. The fraction of sp³-hybridized carbons (Fsp3) is 0.429. The second-order valence-corrected chi connectivity index (χ2v) is 3.91. The smallest absolute Gasteiger partial charge is 0.0540 e. The maximum absolute atomic E-state index is 8.69. The molecule has 0 atom stereocenters. The summed E-state index contributed by atoms with van der Waals surface area (Å²) in [5, 5.41) is 8.69. The Morgan fingerprint density at radius 2 is 1.60 bits per heavy atom. The average Bonchev–Trinajstić information content (AvgIpc) is 2.20. The molecule has 0 amide bonds. The third-order valence-corrected chi connectivity index (χ3v) is 2.82. The Morgan fingerprint density at radius 3 is 2.07 bits per heavy atom. The van der Waals surface area contributed by atoms with Gasteiger partial charge in [0.2, 0.25) is 0 Å². The number of aryl methyl sites for hydroxylation is 2. The van der Waals surface area contributed by atoms with Crippen LogP contribution in [0.5, 0.6) is 0 Å². The Kier molecular flexibility index (Phi) is 3.94. The predicted molar refractivity (Wildman–Crippen MR) is 64.0 cm³/mol. The molecule has 15 heavy (non-hydrogen) atoms. The van der Waals surface area contributed by atoms with Gasteiger partial charge in [-0.05, 0) is 49.9 Å². The largest absolute Gasteiger partial charge is 0.395 e. The molecule has 0 fully saturated rings. The Hall–Kier alpha value is -1.26. The van der Waals surface area contributed by atoms with Crippen LogP contribution in [0.2, 0.25) is 0 Å². The molecule has 1 rings (SSSR count). The number of aliphatic hydroxyl groups excluding tert-OH is 1. The van der Waals surface area contributed by atoms with Gasteiger partial charge in [0.05, 0.1) is 6.61 Å². The molecule has 0 unspecified atom stereocenters. The highest BCUT2D eigenvalue weighted by molar-refractivity contribution is 5.52. The van der Waals surface area contributed by atoms with E-state index in [9.17, 15) is 0 Å². The quantitative estimate of drug-likeness (QED) is 0.694. The monoisotopic (exact) mass is 202 g/mol. The van der Waals surface area contributed by atoms with Crippen molar-refractivity contribution in [2.45, 2.75) is 34.1 Å². The summed E-state index contributed by atoms with van der Waals surface area (Å²) in [6.07, 6.45) is 0.547. The number of hydrogen-bond donors (Lipinski definition) is 1. The minimum absolute atomic E-state index is 0.135. The Bertz CT molecular complexity index is 393. The maximum atomic E-state index is 8.69. The lowest BCUT2D eigenvalue weighted by Gasteiger charge is -2.10. The van der Waals surface area contributed by atoms with Crippen LogP contribution in [0.4, 0.5) is 0 Å². The molecule has 0 saturated carbocycles. The molecule has 1 aromatic rings. The zero-order valence-electron chi connectivity index (χ0n) is 9.94. The molecule has 0 aliphatic heterocycles. The van der Waals surface area contributed by atoms with Crippen molar-refractivity contribution in [3.8, 4) is 11.8 Å². The lowest BCUT2D eigenvalue weighted by atomic mass is 9.94. The van der Waals surface area contributed by atoms with Crippen molar-refractivity contribution in [2.24, 2.45) is 0 Å². The summed E-state index contributed by atoms with van der Waals surface area (Å²) >= 11 is 0. The lowest BCUT2D eigenvalue weighted by molar-refractivity contribution is 0.305. The van der Waals surface area contributed by atoms with Gasteiger partial charge < -0.3 is 5.11 Å². The molecule has 1 heteroatoms. The summed E-state index contributed by atoms with van der Waals surface area (Å²) in [7, 11) is 0. The van der Waals surface area contributed by atoms with Crippen LogP contribution in [-0.4, -0.2) is 11.7 Å². The van der Waals surface area contributed by atoms with Crippen molar-refractivity contribution < 1.29 is 5.11 Å². The summed E-state index contributed by atoms with van der Waals surface area (Å²) in [6, 6.07) is 2.20. The first kappa shape index (κ1) is 11.8. The van der Waals surface area contributed by atoms with E-state index in [-0.39, 0.29) is 6.61 Å². The van der Waals surface area contributed by atoms with E-state index in [1.165, 1.54) is 22.3 Å². The molecule has 1 nitrogen and oxygen atoms in total. The zero-order chi connectivity index (χ0) is 11.4. The van der Waals surface area contributed by atoms with Crippen molar-refractivity contribution in [2.75, 3.05) is 6.61 Å². The van der Waals surface area contributed by atoms with Crippen LogP contribution in [0.3, 0.4) is 0 Å². The van der Waals surface area contributed by atoms with Crippen molar-refractivity contribution in [3.63, 3.8) is 0 Å². The Labute approximate surface area is 92.1 Å². The van der Waals surface area contributed by atoms with Gasteiger partial charge >= 0.3 is 0 Å². The zero-order valence-corrected chi connectivity index (χ0v) is 9.94. The van der Waals surface area contributed by atoms with E-state index in [1.54, 1.807) is 0 Å². The first-order valence-corrected chi connectivity index (χ1v) is 5.25. The van der Waals surface area contributed by atoms with Crippen molar-refractivity contribution in [1.29, 1.82) is 0 Å². The SMILES string of the molecule is Cc1cc(C)c(C)c(C#CCCO)c1C. The van der Waals surface area contributed by atoms with E-state index >= 15 is 0 Å². The molecule has 1 aromatic carbocycles. The maximum Gasteiger partial charge on any atom is 0.0540 e. The second kappa shape index (κ2) is 5.00. The fourth-order valence-electron chi connectivity index (χ4n) is 1.61. The molecule has 80 valence electrons. The van der Waals surface area contributed by atoms with E-state index in [1.807, 2.05) is 0 Å². The molecule has 0 radical (unpaired) electrons. The van der Waals surface area contributed by atoms with Gasteiger partial charge in [0.15, 0.2) is 0 Å². The van der Waals surface area contributed by atoms with E-state index < -0.39 is 0 Å². The van der Waals surface area contributed by atoms with Gasteiger partial charge in [-0.25, -0.2) is 0 Å². The number of benzene rings is 1. The Morgan fingerprint density at radius 1 is 1.07 bits per heavy atom. The van der Waals surface area contributed by atoms with Gasteiger partial charge in [-0.15, -0.1) is 0 Å². The summed E-state index contributed by atoms with van der Waals surface area (Å²) in [5.41, 5.74) is 6.20. The topological polar surface area (TPSA) is 20.2 Å². The molecule has 0 aliphatic rings. The van der Waals surface area contributed by atoms with Crippen LogP contribution in [-0.2, 0) is 0 Å². The van der Waals surface area contributed by atoms with E-state index in [0.29, 0.717) is 6.42 Å². The third kappa shape index (κ3) is 2.61. The first-order chi connectivity index (χ1) is 7.07. The average molecular weight is 202 g/mol. The molecule has 0 spiro atoms. The predicted octanol–water partition coefficient (Wildman–Crippen LogP) is 2.65. The summed E-state index contributed by atoms with van der Waals surface area (Å²) in [4.78, 5) is 0. The van der Waals surface area contributed by atoms with Gasteiger partial charge in [0.25, 0.3) is 0 Å². The summed E-state index contributed by atoms with van der Waals surface area (Å²) < 4.78 is 0. The van der Waals surface area contributed by atoms with E-state index in [2.05, 4.69) is 45.6 Å². The molecular weight excluding hydrogens is 184 g/mol. The van der Waals surface area contributed by atoms with Crippen LogP contribution in [0.15, 0.2) is 6.07 Å². The third-order valence-electron chi connectivity index (χ3n) is 2.82. The van der Waals surface area contributed by atoms with Crippen LogP contribution < -0.4 is 0 Å². The van der Waals surface area contributed by atoms with E-state index in [4.69, 9.17) is 5.11 Å². The Balaban J connectivity index is 3.23. The van der Waals surface area contributed by atoms with Crippen LogP contribution in [0.1, 0.15) is 34.2 Å². The fourth-order valence-corrected chi connectivity index (χ4v) is 1.61. The van der Waals surface area contributed by atoms with Gasteiger partial charge in [-0.2, -0.15) is 0 Å². The number of aliphatic hydroxyl groups is 1. The number of hydrogen-bond acceptors (Lipinski definition) is 1. The highest BCUT2D eigenvalue weighted by Gasteiger charge is 2.05. The van der Waals surface area contributed by atoms with Crippen molar-refractivity contribution >= 4 is 0 Å². The molecule has 0 aromatic heterocycles. The molecule has 1 N–H and O–H groups in total. The summed E-state index contributed by atoms with van der Waals surface area (Å²) in [6.45, 7) is 8.56. The second-order valence-electron chi connectivity index (χ2n) is 3.91. The molecule has 0 saturated heterocycles. The summed E-state index contributed by atoms with van der Waals surface area (Å²) in [5.74, 6) is 6.14. The molecule has 0 aliphatic carbocycles. The lowest BCUT2D eigenvalue weighted by Crippen LogP contribution is -1.95. The number of rotatable bonds is 1. The first-order valence-electron chi connectivity index (χ1n) is 5.25. The van der Waals surface area contributed by atoms with Crippen LogP contribution >= 0.6 is 0 Å². The highest BCUT2D eigenvalue weighted by atomic mass is 16.2. The van der Waals surface area contributed by atoms with Gasteiger partial charge in [0.1, 0.15) is 0 Å². The van der Waals surface area contributed by atoms with Crippen LogP contribution in [0, 0.1) is 39.5 Å². The van der Waals surface area contributed by atoms with Crippen LogP contribution in [0.25, 0.3) is 0 Å². The van der Waals surface area contributed by atoms with Crippen molar-refractivity contribution in [3.05, 3.63) is 33.9 Å². The van der Waals surface area contributed by atoms with Gasteiger partial charge in [0, 0.05) is 12.0 Å². The normalized spacial score (nSPS) is 9.67.